The molecule has 2 N–H and O–H groups in total. The van der Waals surface area contributed by atoms with Crippen molar-refractivity contribution >= 4 is 21.6 Å². The van der Waals surface area contributed by atoms with E-state index in [4.69, 9.17) is 0 Å². The van der Waals surface area contributed by atoms with Gasteiger partial charge in [0.15, 0.2) is 0 Å². The van der Waals surface area contributed by atoms with E-state index in [0.717, 1.165) is 12.1 Å². The maximum atomic E-state index is 12.6. The summed E-state index contributed by atoms with van der Waals surface area (Å²) in [5.74, 6) is -0.544. The summed E-state index contributed by atoms with van der Waals surface area (Å²) >= 11 is 0. The van der Waals surface area contributed by atoms with E-state index in [1.54, 1.807) is 13.8 Å². The van der Waals surface area contributed by atoms with E-state index in [0.29, 0.717) is 37.8 Å². The van der Waals surface area contributed by atoms with Crippen molar-refractivity contribution in [1.29, 1.82) is 0 Å². The summed E-state index contributed by atoms with van der Waals surface area (Å²) in [4.78, 5) is 12.4. The van der Waals surface area contributed by atoms with Crippen molar-refractivity contribution in [3.8, 4) is 0 Å². The molecule has 0 unspecified atom stereocenters. The zero-order chi connectivity index (χ0) is 21.2. The molecule has 0 aromatic heterocycles. The Bertz CT molecular complexity index is 782. The fourth-order valence-corrected chi connectivity index (χ4v) is 4.40. The van der Waals surface area contributed by atoms with Gasteiger partial charge in [-0.1, -0.05) is 6.92 Å². The number of sulfonamides is 1. The number of amides is 1. The van der Waals surface area contributed by atoms with Crippen LogP contribution in [0.25, 0.3) is 0 Å². The average molecular weight is 420 g/mol. The lowest BCUT2D eigenvalue weighted by molar-refractivity contribution is -0.137. The number of anilines is 1. The zero-order valence-corrected chi connectivity index (χ0v) is 17.1. The van der Waals surface area contributed by atoms with Crippen LogP contribution in [0.2, 0.25) is 0 Å². The van der Waals surface area contributed by atoms with E-state index in [9.17, 15) is 26.4 Å². The van der Waals surface area contributed by atoms with E-state index in [1.807, 2.05) is 6.92 Å². The molecule has 1 saturated carbocycles. The van der Waals surface area contributed by atoms with Crippen molar-refractivity contribution < 1.29 is 26.4 Å². The third-order valence-corrected chi connectivity index (χ3v) is 7.87. The maximum absolute atomic E-state index is 12.6. The summed E-state index contributed by atoms with van der Waals surface area (Å²) in [5, 5.41) is 2.64. The summed E-state index contributed by atoms with van der Waals surface area (Å²) < 4.78 is 64.5. The molecule has 0 heterocycles. The van der Waals surface area contributed by atoms with Gasteiger partial charge < -0.3 is 5.32 Å². The molecule has 28 heavy (non-hydrogen) atoms. The molecule has 0 saturated heterocycles. The summed E-state index contributed by atoms with van der Waals surface area (Å²) in [6.45, 7) is 5.18. The van der Waals surface area contributed by atoms with Crippen molar-refractivity contribution in [2.24, 2.45) is 5.92 Å². The minimum absolute atomic E-state index is 0.203. The minimum atomic E-state index is -4.42. The fourth-order valence-electron chi connectivity index (χ4n) is 3.03. The van der Waals surface area contributed by atoms with Gasteiger partial charge in [-0.25, -0.2) is 13.1 Å². The molecular weight excluding hydrogens is 393 g/mol. The van der Waals surface area contributed by atoms with Crippen LogP contribution < -0.4 is 10.0 Å². The molecule has 1 aliphatic rings. The first-order chi connectivity index (χ1) is 12.9. The Morgan fingerprint density at radius 2 is 1.61 bits per heavy atom. The minimum Gasteiger partial charge on any atom is -0.326 e. The quantitative estimate of drug-likeness (QED) is 0.720. The van der Waals surface area contributed by atoms with Gasteiger partial charge in [0.25, 0.3) is 0 Å². The van der Waals surface area contributed by atoms with E-state index >= 15 is 0 Å². The van der Waals surface area contributed by atoms with E-state index < -0.39 is 26.5 Å². The molecule has 1 fully saturated rings. The molecule has 9 heteroatoms. The molecule has 0 atom stereocenters. The molecule has 1 aromatic carbocycles. The Hall–Kier alpha value is -1.61. The second kappa shape index (κ2) is 8.41. The van der Waals surface area contributed by atoms with Crippen LogP contribution in [0.15, 0.2) is 24.3 Å². The van der Waals surface area contributed by atoms with Crippen LogP contribution in [0.3, 0.4) is 0 Å². The summed E-state index contributed by atoms with van der Waals surface area (Å²) in [6.07, 6.45) is -1.79. The Kier molecular flexibility index (Phi) is 6.81. The highest BCUT2D eigenvalue weighted by Crippen LogP contribution is 2.31. The van der Waals surface area contributed by atoms with Crippen LogP contribution in [0.4, 0.5) is 18.9 Å². The van der Waals surface area contributed by atoms with Gasteiger partial charge >= 0.3 is 6.18 Å². The largest absolute Gasteiger partial charge is 0.416 e. The van der Waals surface area contributed by atoms with Crippen LogP contribution >= 0.6 is 0 Å². The molecule has 1 aliphatic carbocycles. The monoisotopic (exact) mass is 420 g/mol. The van der Waals surface area contributed by atoms with Crippen molar-refractivity contribution in [2.75, 3.05) is 5.32 Å². The molecule has 0 radical (unpaired) electrons. The van der Waals surface area contributed by atoms with Crippen LogP contribution in [0.1, 0.15) is 58.4 Å². The number of hydrogen-bond donors (Lipinski definition) is 2. The third-order valence-electron chi connectivity index (χ3n) is 5.48. The van der Waals surface area contributed by atoms with Crippen molar-refractivity contribution in [3.63, 3.8) is 0 Å². The van der Waals surface area contributed by atoms with Crippen LogP contribution in [-0.4, -0.2) is 25.1 Å². The Morgan fingerprint density at radius 3 is 2.07 bits per heavy atom. The summed E-state index contributed by atoms with van der Waals surface area (Å²) in [6, 6.07) is 4.11. The first kappa shape index (κ1) is 22.7. The van der Waals surface area contributed by atoms with Crippen molar-refractivity contribution in [3.05, 3.63) is 29.8 Å². The highest BCUT2D eigenvalue weighted by molar-refractivity contribution is 7.90. The zero-order valence-electron chi connectivity index (χ0n) is 16.3. The van der Waals surface area contributed by atoms with Gasteiger partial charge in [-0.15, -0.1) is 0 Å². The maximum Gasteiger partial charge on any atom is 0.416 e. The normalized spacial score (nSPS) is 21.4. The van der Waals surface area contributed by atoms with E-state index in [1.165, 1.54) is 12.1 Å². The summed E-state index contributed by atoms with van der Waals surface area (Å²) in [7, 11) is -3.45. The molecular formula is C19H27F3N2O3S. The van der Waals surface area contributed by atoms with Gasteiger partial charge in [-0.2, -0.15) is 13.2 Å². The molecule has 0 bridgehead atoms. The second-order valence-corrected chi connectivity index (χ2v) is 10.2. The van der Waals surface area contributed by atoms with Gasteiger partial charge in [0.05, 0.1) is 10.3 Å². The number of halogens is 3. The lowest BCUT2D eigenvalue weighted by Crippen LogP contribution is -2.47. The number of alkyl halides is 3. The predicted molar refractivity (Wildman–Crippen MR) is 102 cm³/mol. The highest BCUT2D eigenvalue weighted by atomic mass is 32.2. The topological polar surface area (TPSA) is 75.3 Å². The smallest absolute Gasteiger partial charge is 0.326 e. The average Bonchev–Trinajstić information content (AvgIpc) is 2.61. The van der Waals surface area contributed by atoms with Gasteiger partial charge in [-0.3, -0.25) is 4.79 Å². The fraction of sp³-hybridized carbons (Fsp3) is 0.632. The van der Waals surface area contributed by atoms with E-state index in [-0.39, 0.29) is 17.9 Å². The van der Waals surface area contributed by atoms with Gasteiger partial charge in [0, 0.05) is 17.6 Å². The van der Waals surface area contributed by atoms with Crippen molar-refractivity contribution in [2.45, 2.75) is 69.8 Å². The highest BCUT2D eigenvalue weighted by Gasteiger charge is 2.36. The molecule has 158 valence electrons. The van der Waals surface area contributed by atoms with Gasteiger partial charge in [-0.05, 0) is 70.2 Å². The molecule has 0 spiro atoms. The summed E-state index contributed by atoms with van der Waals surface area (Å²) in [5.41, 5.74) is -0.459. The standard InChI is InChI=1S/C19H27F3N2O3S/c1-4-18(2,3)28(26,27)24-16-9-5-13(6-10-16)17(25)23-15-11-7-14(8-12-15)19(20,21)22/h7-8,11-13,16,24H,4-6,9-10H2,1-3H3,(H,23,25)/t13-,16-. The molecule has 1 aromatic rings. The number of carbonyl (C=O) groups is 1. The Morgan fingerprint density at radius 1 is 1.07 bits per heavy atom. The van der Waals surface area contributed by atoms with Gasteiger partial charge in [0.1, 0.15) is 0 Å². The number of nitrogens with one attached hydrogen (secondary N) is 2. The lowest BCUT2D eigenvalue weighted by Gasteiger charge is -2.31. The number of rotatable bonds is 6. The van der Waals surface area contributed by atoms with Crippen LogP contribution in [0.5, 0.6) is 0 Å². The van der Waals surface area contributed by atoms with Crippen LogP contribution in [-0.2, 0) is 21.0 Å². The molecule has 5 nitrogen and oxygen atoms in total. The number of carbonyl (C=O) groups excluding carboxylic acids is 1. The van der Waals surface area contributed by atoms with Crippen molar-refractivity contribution in [1.82, 2.24) is 4.72 Å². The predicted octanol–water partition coefficient (Wildman–Crippen LogP) is 4.31. The van der Waals surface area contributed by atoms with Crippen LogP contribution in [0, 0.1) is 5.92 Å². The third kappa shape index (κ3) is 5.47. The molecule has 1 amide bonds. The number of hydrogen-bond acceptors (Lipinski definition) is 3. The van der Waals surface area contributed by atoms with E-state index in [2.05, 4.69) is 10.0 Å². The Labute approximate surface area is 164 Å². The molecule has 0 aliphatic heterocycles. The number of benzene rings is 1. The SMILES string of the molecule is CCC(C)(C)S(=O)(=O)N[C@H]1CC[C@H](C(=O)Nc2ccc(C(F)(F)F)cc2)CC1. The molecule has 2 rings (SSSR count). The first-order valence-electron chi connectivity index (χ1n) is 9.36. The Balaban J connectivity index is 1.88. The van der Waals surface area contributed by atoms with Gasteiger partial charge in [0.2, 0.25) is 15.9 Å². The second-order valence-electron chi connectivity index (χ2n) is 7.85. The first-order valence-corrected chi connectivity index (χ1v) is 10.8. The lowest BCUT2D eigenvalue weighted by atomic mass is 9.86.